The maximum atomic E-state index is 6.36. The Balaban J connectivity index is 1.98. The lowest BCUT2D eigenvalue weighted by atomic mass is 9.97. The van der Waals surface area contributed by atoms with E-state index >= 15 is 0 Å². The Kier molecular flexibility index (Phi) is 3.40. The van der Waals surface area contributed by atoms with E-state index in [1.54, 1.807) is 0 Å². The number of halogens is 2. The topological polar surface area (TPSA) is 0 Å². The number of fused-ring (bicyclic) bond motifs is 3. The van der Waals surface area contributed by atoms with Crippen LogP contribution in [0, 0.1) is 0 Å². The zero-order chi connectivity index (χ0) is 15.1. The van der Waals surface area contributed by atoms with Gasteiger partial charge in [0.1, 0.15) is 0 Å². The normalized spacial score (nSPS) is 11.2. The van der Waals surface area contributed by atoms with Gasteiger partial charge in [-0.1, -0.05) is 76.1 Å². The van der Waals surface area contributed by atoms with Gasteiger partial charge in [-0.15, -0.1) is 0 Å². The lowest BCUT2D eigenvalue weighted by Gasteiger charge is -2.09. The predicted molar refractivity (Wildman–Crippen MR) is 99.6 cm³/mol. The molecule has 0 nitrogen and oxygen atoms in total. The molecule has 0 amide bonds. The summed E-state index contributed by atoms with van der Waals surface area (Å²) in [5, 5.41) is 5.82. The highest BCUT2D eigenvalue weighted by Crippen LogP contribution is 2.34. The molecular formula is C20H12BrCl. The zero-order valence-electron chi connectivity index (χ0n) is 11.7. The highest BCUT2D eigenvalue weighted by Gasteiger charge is 2.07. The fraction of sp³-hybridized carbons (Fsp3) is 0. The summed E-state index contributed by atoms with van der Waals surface area (Å²) in [4.78, 5) is 0. The summed E-state index contributed by atoms with van der Waals surface area (Å²) < 4.78 is 1.03. The van der Waals surface area contributed by atoms with Gasteiger partial charge in [-0.2, -0.15) is 0 Å². The average molecular weight is 368 g/mol. The molecule has 2 heteroatoms. The molecule has 22 heavy (non-hydrogen) atoms. The maximum absolute atomic E-state index is 6.36. The highest BCUT2D eigenvalue weighted by atomic mass is 79.9. The van der Waals surface area contributed by atoms with Crippen LogP contribution >= 0.6 is 27.5 Å². The molecule has 0 aromatic heterocycles. The van der Waals surface area contributed by atoms with Crippen molar-refractivity contribution in [3.05, 3.63) is 82.3 Å². The molecule has 0 radical (unpaired) electrons. The summed E-state index contributed by atoms with van der Waals surface area (Å²) in [5.74, 6) is 0. The molecule has 4 rings (SSSR count). The second-order valence-corrected chi connectivity index (χ2v) is 6.67. The number of hydrogen-bond donors (Lipinski definition) is 0. The van der Waals surface area contributed by atoms with Gasteiger partial charge in [0.2, 0.25) is 0 Å². The molecular weight excluding hydrogens is 356 g/mol. The summed E-state index contributed by atoms with van der Waals surface area (Å²) in [6.07, 6.45) is 0. The number of hydrogen-bond acceptors (Lipinski definition) is 0. The van der Waals surface area contributed by atoms with Gasteiger partial charge in [0.15, 0.2) is 0 Å². The van der Waals surface area contributed by atoms with Gasteiger partial charge in [0, 0.05) is 15.1 Å². The van der Waals surface area contributed by atoms with Crippen molar-refractivity contribution in [2.75, 3.05) is 0 Å². The van der Waals surface area contributed by atoms with Crippen LogP contribution in [0.5, 0.6) is 0 Å². The lowest BCUT2D eigenvalue weighted by molar-refractivity contribution is 1.61. The van der Waals surface area contributed by atoms with Gasteiger partial charge < -0.3 is 0 Å². The van der Waals surface area contributed by atoms with Crippen LogP contribution < -0.4 is 0 Å². The summed E-state index contributed by atoms with van der Waals surface area (Å²) in [7, 11) is 0. The molecule has 0 saturated heterocycles. The number of benzene rings is 4. The van der Waals surface area contributed by atoms with Crippen LogP contribution in [0.4, 0.5) is 0 Å². The van der Waals surface area contributed by atoms with Crippen molar-refractivity contribution in [1.29, 1.82) is 0 Å². The van der Waals surface area contributed by atoms with E-state index in [9.17, 15) is 0 Å². The smallest absolute Gasteiger partial charge is 0.0485 e. The van der Waals surface area contributed by atoms with E-state index in [2.05, 4.69) is 76.6 Å². The van der Waals surface area contributed by atoms with E-state index in [-0.39, 0.29) is 0 Å². The maximum Gasteiger partial charge on any atom is 0.0485 e. The zero-order valence-corrected chi connectivity index (χ0v) is 14.0. The average Bonchev–Trinajstić information content (AvgIpc) is 2.56. The predicted octanol–water partition coefficient (Wildman–Crippen LogP) is 7.08. The quantitative estimate of drug-likeness (QED) is 0.315. The molecule has 0 N–H and O–H groups in total. The fourth-order valence-electron chi connectivity index (χ4n) is 2.90. The van der Waals surface area contributed by atoms with Crippen LogP contribution in [0.2, 0.25) is 5.02 Å². The molecule has 4 aromatic carbocycles. The summed E-state index contributed by atoms with van der Waals surface area (Å²) in [6.45, 7) is 0. The molecule has 0 heterocycles. The van der Waals surface area contributed by atoms with Crippen molar-refractivity contribution < 1.29 is 0 Å². The lowest BCUT2D eigenvalue weighted by Crippen LogP contribution is -1.82. The van der Waals surface area contributed by atoms with Gasteiger partial charge in [0.25, 0.3) is 0 Å². The minimum atomic E-state index is 0.767. The Labute approximate surface area is 142 Å². The van der Waals surface area contributed by atoms with E-state index in [1.807, 2.05) is 12.1 Å². The Bertz CT molecular complexity index is 1000. The summed E-state index contributed by atoms with van der Waals surface area (Å²) in [6, 6.07) is 25.3. The first-order valence-electron chi connectivity index (χ1n) is 7.09. The second-order valence-electron chi connectivity index (χ2n) is 5.35. The minimum absolute atomic E-state index is 0.767. The highest BCUT2D eigenvalue weighted by molar-refractivity contribution is 9.10. The molecule has 4 aromatic rings. The monoisotopic (exact) mass is 366 g/mol. The van der Waals surface area contributed by atoms with E-state index in [4.69, 9.17) is 11.6 Å². The molecule has 0 aliphatic rings. The van der Waals surface area contributed by atoms with Crippen LogP contribution in [0.25, 0.3) is 32.7 Å². The first-order valence-corrected chi connectivity index (χ1v) is 8.26. The number of rotatable bonds is 1. The first-order chi connectivity index (χ1) is 10.7. The SMILES string of the molecule is Clc1ccc(Br)cc1-c1ccc2c(ccc3ccccc32)c1. The van der Waals surface area contributed by atoms with Crippen LogP contribution in [0.1, 0.15) is 0 Å². The first kappa shape index (κ1) is 13.8. The van der Waals surface area contributed by atoms with Crippen LogP contribution in [-0.2, 0) is 0 Å². The largest absolute Gasteiger partial charge is 0.0837 e. The summed E-state index contributed by atoms with van der Waals surface area (Å²) in [5.41, 5.74) is 2.18. The van der Waals surface area contributed by atoms with Crippen LogP contribution in [0.15, 0.2) is 77.3 Å². The molecule has 0 fully saturated rings. The van der Waals surface area contributed by atoms with Gasteiger partial charge in [-0.3, -0.25) is 0 Å². The summed E-state index contributed by atoms with van der Waals surface area (Å²) >= 11 is 9.87. The Morgan fingerprint density at radius 1 is 0.682 bits per heavy atom. The van der Waals surface area contributed by atoms with Crippen molar-refractivity contribution >= 4 is 49.1 Å². The third kappa shape index (κ3) is 2.31. The van der Waals surface area contributed by atoms with Gasteiger partial charge >= 0.3 is 0 Å². The van der Waals surface area contributed by atoms with E-state index in [1.165, 1.54) is 21.5 Å². The van der Waals surface area contributed by atoms with Gasteiger partial charge in [-0.05, 0) is 51.4 Å². The van der Waals surface area contributed by atoms with Crippen molar-refractivity contribution in [2.45, 2.75) is 0 Å². The van der Waals surface area contributed by atoms with E-state index in [0.29, 0.717) is 0 Å². The van der Waals surface area contributed by atoms with Crippen molar-refractivity contribution in [2.24, 2.45) is 0 Å². The van der Waals surface area contributed by atoms with Gasteiger partial charge in [0.05, 0.1) is 0 Å². The minimum Gasteiger partial charge on any atom is -0.0837 e. The van der Waals surface area contributed by atoms with Crippen LogP contribution in [0.3, 0.4) is 0 Å². The third-order valence-electron chi connectivity index (χ3n) is 3.98. The van der Waals surface area contributed by atoms with Gasteiger partial charge in [-0.25, -0.2) is 0 Å². The van der Waals surface area contributed by atoms with E-state index in [0.717, 1.165) is 20.6 Å². The molecule has 0 bridgehead atoms. The third-order valence-corrected chi connectivity index (χ3v) is 4.81. The van der Waals surface area contributed by atoms with Crippen molar-refractivity contribution in [3.8, 4) is 11.1 Å². The molecule has 0 aliphatic heterocycles. The van der Waals surface area contributed by atoms with E-state index < -0.39 is 0 Å². The Morgan fingerprint density at radius 2 is 1.45 bits per heavy atom. The molecule has 106 valence electrons. The molecule has 0 unspecified atom stereocenters. The molecule has 0 saturated carbocycles. The standard InChI is InChI=1S/C20H12BrCl/c21-16-8-10-20(22)19(12-16)15-7-9-18-14(11-15)6-5-13-3-1-2-4-17(13)18/h1-12H. The second kappa shape index (κ2) is 5.42. The molecule has 0 spiro atoms. The van der Waals surface area contributed by atoms with Crippen LogP contribution in [-0.4, -0.2) is 0 Å². The van der Waals surface area contributed by atoms with Crippen molar-refractivity contribution in [3.63, 3.8) is 0 Å². The molecule has 0 atom stereocenters. The Morgan fingerprint density at radius 3 is 2.36 bits per heavy atom. The van der Waals surface area contributed by atoms with Crippen molar-refractivity contribution in [1.82, 2.24) is 0 Å². The Hall–Kier alpha value is -1.83. The fourth-order valence-corrected chi connectivity index (χ4v) is 3.49. The molecule has 0 aliphatic carbocycles.